The number of aliphatic hydroxyl groups is 1. The van der Waals surface area contributed by atoms with Crippen molar-refractivity contribution in [3.05, 3.63) is 23.8 Å². The van der Waals surface area contributed by atoms with Gasteiger partial charge in [-0.1, -0.05) is 17.8 Å². The zero-order valence-corrected chi connectivity index (χ0v) is 12.0. The van der Waals surface area contributed by atoms with E-state index in [4.69, 9.17) is 9.84 Å². The number of hydrogen-bond donors (Lipinski definition) is 2. The largest absolute Gasteiger partial charge is 0.496 e. The number of hydrogen-bond acceptors (Lipinski definition) is 4. The third-order valence-corrected chi connectivity index (χ3v) is 3.48. The summed E-state index contributed by atoms with van der Waals surface area (Å²) >= 11 is 0.470. The van der Waals surface area contributed by atoms with Gasteiger partial charge in [-0.25, -0.2) is 0 Å². The fourth-order valence-electron chi connectivity index (χ4n) is 1.72. The molecular formula is C13H19F2NO2S. The molecule has 0 aliphatic heterocycles. The van der Waals surface area contributed by atoms with Gasteiger partial charge in [-0.15, -0.1) is 0 Å². The first-order valence-corrected chi connectivity index (χ1v) is 6.85. The van der Waals surface area contributed by atoms with E-state index in [0.29, 0.717) is 22.4 Å². The molecule has 6 heteroatoms. The summed E-state index contributed by atoms with van der Waals surface area (Å²) in [5.41, 5.74) is 0.927. The smallest absolute Gasteiger partial charge is 0.289 e. The Morgan fingerprint density at radius 2 is 2.05 bits per heavy atom. The molecule has 1 rings (SSSR count). The molecule has 3 nitrogen and oxygen atoms in total. The quantitative estimate of drug-likeness (QED) is 0.758. The van der Waals surface area contributed by atoms with Crippen LogP contribution in [0.3, 0.4) is 0 Å². The molecule has 0 radical (unpaired) electrons. The van der Waals surface area contributed by atoms with Crippen LogP contribution >= 0.6 is 11.8 Å². The molecular weight excluding hydrogens is 272 g/mol. The van der Waals surface area contributed by atoms with Crippen molar-refractivity contribution in [3.63, 3.8) is 0 Å². The van der Waals surface area contributed by atoms with Crippen molar-refractivity contribution in [1.29, 1.82) is 0 Å². The second-order valence-electron chi connectivity index (χ2n) is 4.26. The van der Waals surface area contributed by atoms with Gasteiger partial charge in [0.25, 0.3) is 5.76 Å². The summed E-state index contributed by atoms with van der Waals surface area (Å²) in [6.45, 7) is 3.86. The second kappa shape index (κ2) is 7.67. The highest BCUT2D eigenvalue weighted by Gasteiger charge is 2.14. The summed E-state index contributed by atoms with van der Waals surface area (Å²) in [6, 6.07) is 5.13. The molecule has 1 aromatic rings. The number of nitrogens with one attached hydrogen (secondary N) is 1. The number of benzene rings is 1. The highest BCUT2D eigenvalue weighted by molar-refractivity contribution is 7.99. The fraction of sp³-hybridized carbons (Fsp3) is 0.538. The van der Waals surface area contributed by atoms with Crippen molar-refractivity contribution in [2.24, 2.45) is 0 Å². The van der Waals surface area contributed by atoms with E-state index in [9.17, 15) is 8.78 Å². The molecule has 0 aromatic heterocycles. The van der Waals surface area contributed by atoms with Crippen LogP contribution in [-0.2, 0) is 0 Å². The van der Waals surface area contributed by atoms with Crippen LogP contribution in [0.15, 0.2) is 23.1 Å². The summed E-state index contributed by atoms with van der Waals surface area (Å²) in [7, 11) is 1.46. The Hall–Kier alpha value is -0.850. The van der Waals surface area contributed by atoms with Crippen LogP contribution < -0.4 is 10.1 Å². The van der Waals surface area contributed by atoms with E-state index < -0.39 is 5.76 Å². The van der Waals surface area contributed by atoms with Gasteiger partial charge in [-0.2, -0.15) is 8.78 Å². The second-order valence-corrected chi connectivity index (χ2v) is 5.29. The van der Waals surface area contributed by atoms with Crippen LogP contribution in [0.5, 0.6) is 5.75 Å². The fourth-order valence-corrected chi connectivity index (χ4v) is 2.32. The third-order valence-electron chi connectivity index (χ3n) is 2.71. The van der Waals surface area contributed by atoms with Crippen molar-refractivity contribution in [2.45, 2.75) is 36.6 Å². The minimum Gasteiger partial charge on any atom is -0.496 e. The SMILES string of the molecule is COc1cc(C(C)N[C@H](C)CO)ccc1SC(F)F. The summed E-state index contributed by atoms with van der Waals surface area (Å²) in [4.78, 5) is 0.420. The summed E-state index contributed by atoms with van der Waals surface area (Å²) in [6.07, 6.45) is 0. The van der Waals surface area contributed by atoms with Crippen molar-refractivity contribution in [3.8, 4) is 5.75 Å². The van der Waals surface area contributed by atoms with Gasteiger partial charge in [0.2, 0.25) is 0 Å². The zero-order chi connectivity index (χ0) is 14.4. The highest BCUT2D eigenvalue weighted by atomic mass is 32.2. The first-order valence-electron chi connectivity index (χ1n) is 5.97. The normalized spacial score (nSPS) is 14.5. The molecule has 0 saturated heterocycles. The Morgan fingerprint density at radius 3 is 2.58 bits per heavy atom. The molecule has 0 spiro atoms. The van der Waals surface area contributed by atoms with E-state index in [1.54, 1.807) is 18.2 Å². The van der Waals surface area contributed by atoms with Crippen LogP contribution in [0.1, 0.15) is 25.5 Å². The molecule has 0 bridgehead atoms. The lowest BCUT2D eigenvalue weighted by molar-refractivity contribution is 0.243. The average Bonchev–Trinajstić information content (AvgIpc) is 2.38. The van der Waals surface area contributed by atoms with E-state index in [1.165, 1.54) is 7.11 Å². The molecule has 2 N–H and O–H groups in total. The van der Waals surface area contributed by atoms with Gasteiger partial charge in [0.1, 0.15) is 5.75 Å². The van der Waals surface area contributed by atoms with E-state index in [-0.39, 0.29) is 18.7 Å². The Balaban J connectivity index is 2.86. The summed E-state index contributed by atoms with van der Waals surface area (Å²) in [5, 5.41) is 12.2. The molecule has 0 aliphatic carbocycles. The van der Waals surface area contributed by atoms with Crippen LogP contribution in [0.4, 0.5) is 8.78 Å². The van der Waals surface area contributed by atoms with E-state index in [2.05, 4.69) is 5.32 Å². The molecule has 108 valence electrons. The van der Waals surface area contributed by atoms with Crippen LogP contribution in [0, 0.1) is 0 Å². The third kappa shape index (κ3) is 4.97. The Morgan fingerprint density at radius 1 is 1.37 bits per heavy atom. The number of thioether (sulfide) groups is 1. The summed E-state index contributed by atoms with van der Waals surface area (Å²) < 4.78 is 29.9. The molecule has 1 unspecified atom stereocenters. The number of methoxy groups -OCH3 is 1. The molecule has 0 heterocycles. The predicted molar refractivity (Wildman–Crippen MR) is 73.0 cm³/mol. The number of halogens is 2. The van der Waals surface area contributed by atoms with Gasteiger partial charge in [-0.05, 0) is 31.5 Å². The Kier molecular flexibility index (Phi) is 6.54. The average molecular weight is 291 g/mol. The standard InChI is InChI=1S/C13H19F2NO2S/c1-8(7-17)16-9(2)10-4-5-12(19-13(14)15)11(6-10)18-3/h4-6,8-9,13,16-17H,7H2,1-3H3/t8-,9?/m1/s1. The first-order chi connectivity index (χ1) is 8.97. The Bertz CT molecular complexity index is 404. The number of aliphatic hydroxyl groups excluding tert-OH is 1. The summed E-state index contributed by atoms with van der Waals surface area (Å²) in [5.74, 6) is -2.03. The number of ether oxygens (including phenoxy) is 1. The lowest BCUT2D eigenvalue weighted by atomic mass is 10.1. The van der Waals surface area contributed by atoms with Gasteiger partial charge in [0.05, 0.1) is 18.6 Å². The molecule has 1 aromatic carbocycles. The van der Waals surface area contributed by atoms with Crippen molar-refractivity contribution >= 4 is 11.8 Å². The molecule has 2 atom stereocenters. The molecule has 0 aliphatic rings. The predicted octanol–water partition coefficient (Wildman–Crippen LogP) is 3.04. The van der Waals surface area contributed by atoms with Gasteiger partial charge in [0.15, 0.2) is 0 Å². The monoisotopic (exact) mass is 291 g/mol. The van der Waals surface area contributed by atoms with Crippen LogP contribution in [0.25, 0.3) is 0 Å². The lowest BCUT2D eigenvalue weighted by Gasteiger charge is -2.20. The molecule has 19 heavy (non-hydrogen) atoms. The van der Waals surface area contributed by atoms with Gasteiger partial charge in [0, 0.05) is 12.1 Å². The van der Waals surface area contributed by atoms with Crippen molar-refractivity contribution < 1.29 is 18.6 Å². The van der Waals surface area contributed by atoms with Crippen molar-refractivity contribution in [1.82, 2.24) is 5.32 Å². The first kappa shape index (κ1) is 16.2. The minimum absolute atomic E-state index is 0.00153. The van der Waals surface area contributed by atoms with E-state index in [0.717, 1.165) is 5.56 Å². The van der Waals surface area contributed by atoms with Crippen molar-refractivity contribution in [2.75, 3.05) is 13.7 Å². The topological polar surface area (TPSA) is 41.5 Å². The van der Waals surface area contributed by atoms with Gasteiger partial charge < -0.3 is 15.2 Å². The van der Waals surface area contributed by atoms with Crippen LogP contribution in [-0.4, -0.2) is 30.6 Å². The molecule has 0 fully saturated rings. The Labute approximate surface area is 116 Å². The minimum atomic E-state index is -2.47. The molecule has 0 saturated carbocycles. The maximum absolute atomic E-state index is 12.4. The molecule has 0 amide bonds. The highest BCUT2D eigenvalue weighted by Crippen LogP contribution is 2.35. The zero-order valence-electron chi connectivity index (χ0n) is 11.2. The van der Waals surface area contributed by atoms with E-state index >= 15 is 0 Å². The number of alkyl halides is 2. The van der Waals surface area contributed by atoms with E-state index in [1.807, 2.05) is 13.8 Å². The number of rotatable bonds is 7. The van der Waals surface area contributed by atoms with Gasteiger partial charge in [-0.3, -0.25) is 0 Å². The maximum atomic E-state index is 12.4. The van der Waals surface area contributed by atoms with Crippen LogP contribution in [0.2, 0.25) is 0 Å². The van der Waals surface area contributed by atoms with Gasteiger partial charge >= 0.3 is 0 Å². The maximum Gasteiger partial charge on any atom is 0.289 e. The lowest BCUT2D eigenvalue weighted by Crippen LogP contribution is -2.31.